The highest BCUT2D eigenvalue weighted by atomic mass is 32.2. The van der Waals surface area contributed by atoms with Gasteiger partial charge in [0.2, 0.25) is 27.7 Å². The van der Waals surface area contributed by atoms with E-state index in [1.165, 1.54) is 4.90 Å². The number of hydrogen-bond donors (Lipinski definition) is 2. The minimum Gasteiger partial charge on any atom is -0.472 e. The van der Waals surface area contributed by atoms with Crippen molar-refractivity contribution in [3.8, 4) is 5.88 Å². The van der Waals surface area contributed by atoms with E-state index in [1.54, 1.807) is 12.3 Å². The number of amides is 3. The van der Waals surface area contributed by atoms with Crippen molar-refractivity contribution >= 4 is 50.6 Å². The summed E-state index contributed by atoms with van der Waals surface area (Å²) in [5, 5.41) is 4.00. The molecule has 7 atom stereocenters. The molecule has 4 saturated carbocycles. The average molecular weight is 759 g/mol. The first-order valence-corrected chi connectivity index (χ1v) is 21.3. The Hall–Kier alpha value is -4.26. The Bertz CT molecular complexity index is 1970. The van der Waals surface area contributed by atoms with Crippen molar-refractivity contribution in [3.63, 3.8) is 0 Å². The van der Waals surface area contributed by atoms with Crippen LogP contribution in [0.25, 0.3) is 16.8 Å². The van der Waals surface area contributed by atoms with Gasteiger partial charge in [0.15, 0.2) is 0 Å². The number of nitrogens with one attached hydrogen (secondary N) is 2. The summed E-state index contributed by atoms with van der Waals surface area (Å²) in [5.74, 6) is -2.73. The minimum atomic E-state index is -3.87. The Kier molecular flexibility index (Phi) is 10.0. The van der Waals surface area contributed by atoms with E-state index in [9.17, 15) is 27.6 Å². The van der Waals surface area contributed by atoms with Crippen LogP contribution >= 0.6 is 0 Å². The molecular formula is C41H50N4O8S. The van der Waals surface area contributed by atoms with Gasteiger partial charge in [0.25, 0.3) is 5.91 Å². The SMILES string of the molecule is C=C[C@@H]1C[C@]1(NC(=O)[C@@H]1C[C@@H]2CN1C(=O)[C@H](C1CCCCC1)CC(=O)O[C@H]1CCC[C@@H]1C/C=C/c1ccc3ccnc(c3c1)O2)C(=O)NS(=O)(=O)C1CC1. The molecule has 2 aromatic rings. The smallest absolute Gasteiger partial charge is 0.306 e. The molecule has 2 aliphatic heterocycles. The summed E-state index contributed by atoms with van der Waals surface area (Å²) in [6.45, 7) is 3.88. The molecule has 6 aliphatic rings. The first-order valence-electron chi connectivity index (χ1n) is 19.8. The van der Waals surface area contributed by atoms with E-state index in [0.29, 0.717) is 18.7 Å². The molecule has 4 aliphatic carbocycles. The van der Waals surface area contributed by atoms with Gasteiger partial charge in [0.1, 0.15) is 23.8 Å². The zero-order valence-electron chi connectivity index (χ0n) is 30.6. The van der Waals surface area contributed by atoms with Crippen LogP contribution < -0.4 is 14.8 Å². The molecule has 54 heavy (non-hydrogen) atoms. The van der Waals surface area contributed by atoms with Gasteiger partial charge in [-0.3, -0.25) is 23.9 Å². The Morgan fingerprint density at radius 1 is 0.981 bits per heavy atom. The lowest BCUT2D eigenvalue weighted by atomic mass is 9.77. The second-order valence-electron chi connectivity index (χ2n) is 16.3. The predicted octanol–water partition coefficient (Wildman–Crippen LogP) is 4.97. The van der Waals surface area contributed by atoms with E-state index in [0.717, 1.165) is 74.1 Å². The number of benzene rings is 1. The predicted molar refractivity (Wildman–Crippen MR) is 201 cm³/mol. The van der Waals surface area contributed by atoms with Crippen LogP contribution in [0.15, 0.2) is 49.2 Å². The van der Waals surface area contributed by atoms with Crippen LogP contribution in [-0.4, -0.2) is 77.6 Å². The summed E-state index contributed by atoms with van der Waals surface area (Å²) in [4.78, 5) is 62.8. The average Bonchev–Trinajstić information content (AvgIpc) is 4.06. The second-order valence-corrected chi connectivity index (χ2v) is 18.3. The highest BCUT2D eigenvalue weighted by Gasteiger charge is 2.62. The molecule has 0 radical (unpaired) electrons. The summed E-state index contributed by atoms with van der Waals surface area (Å²) in [6.07, 6.45) is 15.8. The van der Waals surface area contributed by atoms with Crippen LogP contribution in [0.3, 0.4) is 0 Å². The largest absolute Gasteiger partial charge is 0.472 e. The molecule has 8 rings (SSSR count). The highest BCUT2D eigenvalue weighted by Crippen LogP contribution is 2.46. The molecule has 3 heterocycles. The second kappa shape index (κ2) is 14.8. The molecule has 0 spiro atoms. The van der Waals surface area contributed by atoms with Gasteiger partial charge in [0, 0.05) is 23.9 Å². The van der Waals surface area contributed by atoms with Crippen molar-refractivity contribution in [1.82, 2.24) is 19.9 Å². The molecule has 2 N–H and O–H groups in total. The van der Waals surface area contributed by atoms with Gasteiger partial charge in [0.05, 0.1) is 24.1 Å². The lowest BCUT2D eigenvalue weighted by molar-refractivity contribution is -0.157. The molecule has 288 valence electrons. The molecule has 12 nitrogen and oxygen atoms in total. The van der Waals surface area contributed by atoms with E-state index in [-0.39, 0.29) is 49.7 Å². The molecule has 0 unspecified atom stereocenters. The standard InChI is InChI=1S/C41H50N4O8S/c1-2-29-23-41(29,40(49)44-54(50,51)31-16-17-31)43-37(47)34-21-30-24-45(34)39(48)33(26-9-4-3-5-10-26)22-36(46)53-35-13-7-12-28(35)11-6-8-25-14-15-27-18-19-42-38(52-30)32(27)20-25/h2,6,8,14-15,18-20,26,28-31,33-35H,1,3-5,7,9-13,16-17,21-24H2,(H,43,47)(H,44,49)/b8-6+/t28-,29+,30+,33-,34-,35-,41+/m0/s1. The Labute approximate surface area is 316 Å². The van der Waals surface area contributed by atoms with Gasteiger partial charge >= 0.3 is 5.97 Å². The van der Waals surface area contributed by atoms with Crippen LogP contribution in [0.1, 0.15) is 95.5 Å². The summed E-state index contributed by atoms with van der Waals surface area (Å²) < 4.78 is 40.4. The Balaban J connectivity index is 1.13. The van der Waals surface area contributed by atoms with Gasteiger partial charge in [-0.15, -0.1) is 6.58 Å². The minimum absolute atomic E-state index is 0.0492. The monoisotopic (exact) mass is 758 g/mol. The number of allylic oxidation sites excluding steroid dienone is 1. The number of rotatable bonds is 7. The van der Waals surface area contributed by atoms with E-state index < -0.39 is 62.6 Å². The number of pyridine rings is 1. The third kappa shape index (κ3) is 7.40. The molecule has 4 bridgehead atoms. The number of carbonyl (C=O) groups excluding carboxylic acids is 4. The van der Waals surface area contributed by atoms with Gasteiger partial charge in [-0.2, -0.15) is 0 Å². The Morgan fingerprint density at radius 3 is 2.54 bits per heavy atom. The molecule has 13 heteroatoms. The number of sulfonamides is 1. The van der Waals surface area contributed by atoms with Gasteiger partial charge < -0.3 is 19.7 Å². The zero-order valence-corrected chi connectivity index (χ0v) is 31.4. The first kappa shape index (κ1) is 36.7. The maximum Gasteiger partial charge on any atom is 0.306 e. The molecule has 1 saturated heterocycles. The fourth-order valence-corrected chi connectivity index (χ4v) is 10.7. The number of carbonyl (C=O) groups is 4. The molecule has 1 aromatic heterocycles. The Morgan fingerprint density at radius 2 is 1.78 bits per heavy atom. The summed E-state index contributed by atoms with van der Waals surface area (Å²) in [6, 6.07) is 6.93. The van der Waals surface area contributed by atoms with E-state index in [1.807, 2.05) is 24.3 Å². The number of esters is 1. The van der Waals surface area contributed by atoms with Crippen LogP contribution in [-0.2, 0) is 33.9 Å². The summed E-state index contributed by atoms with van der Waals surface area (Å²) in [7, 11) is -3.87. The van der Waals surface area contributed by atoms with Crippen LogP contribution in [0.2, 0.25) is 0 Å². The lowest BCUT2D eigenvalue weighted by Crippen LogP contribution is -2.57. The van der Waals surface area contributed by atoms with Crippen LogP contribution in [0.5, 0.6) is 5.88 Å². The van der Waals surface area contributed by atoms with E-state index >= 15 is 0 Å². The van der Waals surface area contributed by atoms with E-state index in [4.69, 9.17) is 9.47 Å². The normalized spacial score (nSPS) is 32.5. The quantitative estimate of drug-likeness (QED) is 0.294. The molecule has 5 fully saturated rings. The van der Waals surface area contributed by atoms with Crippen molar-refractivity contribution in [1.29, 1.82) is 0 Å². The molecule has 3 amide bonds. The number of ether oxygens (including phenoxy) is 2. The number of fused-ring (bicyclic) bond motifs is 4. The van der Waals surface area contributed by atoms with Crippen molar-refractivity contribution in [2.75, 3.05) is 6.54 Å². The van der Waals surface area contributed by atoms with Crippen LogP contribution in [0.4, 0.5) is 0 Å². The third-order valence-electron chi connectivity index (χ3n) is 12.7. The number of nitrogens with zero attached hydrogens (tertiary/aromatic N) is 2. The highest BCUT2D eigenvalue weighted by molar-refractivity contribution is 7.91. The van der Waals surface area contributed by atoms with Crippen molar-refractivity contribution in [2.24, 2.45) is 23.7 Å². The van der Waals surface area contributed by atoms with Gasteiger partial charge in [-0.25, -0.2) is 13.4 Å². The van der Waals surface area contributed by atoms with Crippen molar-refractivity contribution in [3.05, 3.63) is 54.8 Å². The van der Waals surface area contributed by atoms with Crippen molar-refractivity contribution in [2.45, 2.75) is 119 Å². The summed E-state index contributed by atoms with van der Waals surface area (Å²) >= 11 is 0. The third-order valence-corrected chi connectivity index (χ3v) is 14.5. The topological polar surface area (TPSA) is 161 Å². The lowest BCUT2D eigenvalue weighted by Gasteiger charge is -2.34. The van der Waals surface area contributed by atoms with Crippen molar-refractivity contribution < 1.29 is 37.1 Å². The maximum absolute atomic E-state index is 14.9. The van der Waals surface area contributed by atoms with Gasteiger partial charge in [-0.1, -0.05) is 49.6 Å². The van der Waals surface area contributed by atoms with Gasteiger partial charge in [-0.05, 0) is 92.7 Å². The maximum atomic E-state index is 14.9. The summed E-state index contributed by atoms with van der Waals surface area (Å²) in [5.41, 5.74) is -0.538. The molecule has 1 aromatic carbocycles. The first-order chi connectivity index (χ1) is 26.0. The van der Waals surface area contributed by atoms with E-state index in [2.05, 4.69) is 33.8 Å². The zero-order chi connectivity index (χ0) is 37.6. The number of aromatic nitrogens is 1. The number of hydrogen-bond acceptors (Lipinski definition) is 9. The fourth-order valence-electron chi connectivity index (χ4n) is 9.32. The molecular weight excluding hydrogens is 709 g/mol. The fraction of sp³-hybridized carbons (Fsp3) is 0.585. The van der Waals surface area contributed by atoms with Crippen LogP contribution in [0, 0.1) is 23.7 Å².